The molecule has 0 radical (unpaired) electrons. The zero-order valence-corrected chi connectivity index (χ0v) is 17.8. The van der Waals surface area contributed by atoms with Gasteiger partial charge in [-0.3, -0.25) is 0 Å². The van der Waals surface area contributed by atoms with Gasteiger partial charge in [-0.2, -0.15) is 0 Å². The molecule has 0 aliphatic heterocycles. The van der Waals surface area contributed by atoms with Crippen LogP contribution in [0.1, 0.15) is 104 Å². The van der Waals surface area contributed by atoms with E-state index in [9.17, 15) is 10.2 Å². The predicted molar refractivity (Wildman–Crippen MR) is 114 cm³/mol. The maximum absolute atomic E-state index is 9.88. The van der Waals surface area contributed by atoms with E-state index in [1.165, 1.54) is 76.2 Å². The largest absolute Gasteiger partial charge is 0.393 e. The van der Waals surface area contributed by atoms with Gasteiger partial charge in [-0.15, -0.1) is 0 Å². The van der Waals surface area contributed by atoms with Gasteiger partial charge in [-0.05, 0) is 81.5 Å². The smallest absolute Gasteiger partial charge is 0.0602 e. The Morgan fingerprint density at radius 2 is 1.78 bits per heavy atom. The van der Waals surface area contributed by atoms with Gasteiger partial charge in [-0.1, -0.05) is 62.8 Å². The highest BCUT2D eigenvalue weighted by molar-refractivity contribution is 5.22. The van der Waals surface area contributed by atoms with Crippen molar-refractivity contribution in [2.24, 2.45) is 17.3 Å². The molecule has 3 aliphatic rings. The molecule has 3 aliphatic carbocycles. The monoisotopic (exact) mass is 374 g/mol. The second-order valence-electron chi connectivity index (χ2n) is 10.4. The molecule has 0 heterocycles. The van der Waals surface area contributed by atoms with Crippen LogP contribution < -0.4 is 0 Å². The molecule has 3 saturated carbocycles. The third-order valence-corrected chi connectivity index (χ3v) is 7.35. The minimum Gasteiger partial charge on any atom is -0.393 e. The Hall–Kier alpha value is -0.600. The number of hydrogen-bond donors (Lipinski definition) is 2. The van der Waals surface area contributed by atoms with Crippen LogP contribution in [0.3, 0.4) is 0 Å². The quantitative estimate of drug-likeness (QED) is 0.534. The van der Waals surface area contributed by atoms with E-state index in [0.29, 0.717) is 11.8 Å². The molecule has 3 rings (SSSR count). The second kappa shape index (κ2) is 9.74. The number of hydrogen-bond acceptors (Lipinski definition) is 2. The van der Waals surface area contributed by atoms with Crippen molar-refractivity contribution in [2.45, 2.75) is 116 Å². The minimum atomic E-state index is -0.359. The number of unbranched alkanes of at least 4 members (excludes halogenated alkanes) is 1. The van der Waals surface area contributed by atoms with Gasteiger partial charge in [0.25, 0.3) is 0 Å². The third kappa shape index (κ3) is 6.46. The van der Waals surface area contributed by atoms with Crippen molar-refractivity contribution in [3.8, 4) is 0 Å². The zero-order chi connectivity index (χ0) is 19.3. The Kier molecular flexibility index (Phi) is 7.62. The van der Waals surface area contributed by atoms with Crippen LogP contribution in [-0.2, 0) is 0 Å². The summed E-state index contributed by atoms with van der Waals surface area (Å²) in [5, 5.41) is 19.8. The molecule has 4 atom stereocenters. The van der Waals surface area contributed by atoms with Gasteiger partial charge in [-0.25, -0.2) is 0 Å². The maximum atomic E-state index is 9.88. The lowest BCUT2D eigenvalue weighted by molar-refractivity contribution is 0.0609. The van der Waals surface area contributed by atoms with Crippen LogP contribution in [0, 0.1) is 17.3 Å². The van der Waals surface area contributed by atoms with Crippen LogP contribution in [0.15, 0.2) is 23.3 Å². The molecule has 2 heteroatoms. The summed E-state index contributed by atoms with van der Waals surface area (Å²) in [6, 6.07) is 0. The zero-order valence-electron chi connectivity index (χ0n) is 17.8. The summed E-state index contributed by atoms with van der Waals surface area (Å²) in [6.45, 7) is 4.68. The molecule has 154 valence electrons. The van der Waals surface area contributed by atoms with E-state index in [1.54, 1.807) is 5.57 Å². The highest BCUT2D eigenvalue weighted by Gasteiger charge is 2.40. The van der Waals surface area contributed by atoms with Crippen LogP contribution in [0.25, 0.3) is 0 Å². The van der Waals surface area contributed by atoms with Gasteiger partial charge >= 0.3 is 0 Å². The van der Waals surface area contributed by atoms with Gasteiger partial charge in [0, 0.05) is 0 Å². The van der Waals surface area contributed by atoms with E-state index >= 15 is 0 Å². The van der Waals surface area contributed by atoms with E-state index in [2.05, 4.69) is 26.0 Å². The minimum absolute atomic E-state index is 0.359. The Labute approximate surface area is 167 Å². The maximum Gasteiger partial charge on any atom is 0.0602 e. The number of aliphatic hydroxyl groups is 2. The molecule has 2 N–H and O–H groups in total. The summed E-state index contributed by atoms with van der Waals surface area (Å²) in [5.41, 5.74) is 3.43. The summed E-state index contributed by atoms with van der Waals surface area (Å²) < 4.78 is 0. The summed E-state index contributed by atoms with van der Waals surface area (Å²) in [6.07, 6.45) is 21.2. The van der Waals surface area contributed by atoms with Crippen molar-refractivity contribution in [3.63, 3.8) is 0 Å². The highest BCUT2D eigenvalue weighted by atomic mass is 16.3. The third-order valence-electron chi connectivity index (χ3n) is 7.35. The van der Waals surface area contributed by atoms with Crippen LogP contribution in [0.4, 0.5) is 0 Å². The van der Waals surface area contributed by atoms with Crippen molar-refractivity contribution in [1.29, 1.82) is 0 Å². The van der Waals surface area contributed by atoms with Crippen molar-refractivity contribution in [2.75, 3.05) is 0 Å². The highest BCUT2D eigenvalue weighted by Crippen LogP contribution is 2.53. The lowest BCUT2D eigenvalue weighted by Gasteiger charge is -2.35. The van der Waals surface area contributed by atoms with Gasteiger partial charge < -0.3 is 10.2 Å². The van der Waals surface area contributed by atoms with Crippen LogP contribution >= 0.6 is 0 Å². The van der Waals surface area contributed by atoms with Gasteiger partial charge in [0.05, 0.1) is 12.2 Å². The Bertz CT molecular complexity index is 520. The average molecular weight is 375 g/mol. The summed E-state index contributed by atoms with van der Waals surface area (Å²) in [5.74, 6) is 1.82. The van der Waals surface area contributed by atoms with E-state index in [1.807, 2.05) is 0 Å². The molecule has 2 nitrogen and oxygen atoms in total. The van der Waals surface area contributed by atoms with Gasteiger partial charge in [0.2, 0.25) is 0 Å². The molecule has 0 bridgehead atoms. The number of aliphatic hydroxyl groups excluding tert-OH is 2. The molecule has 0 amide bonds. The second-order valence-corrected chi connectivity index (χ2v) is 10.4. The Morgan fingerprint density at radius 1 is 1.04 bits per heavy atom. The Morgan fingerprint density at radius 3 is 2.52 bits per heavy atom. The van der Waals surface area contributed by atoms with Crippen molar-refractivity contribution in [1.82, 2.24) is 0 Å². The van der Waals surface area contributed by atoms with Crippen molar-refractivity contribution in [3.05, 3.63) is 23.3 Å². The molecule has 0 unspecified atom stereocenters. The first kappa shape index (κ1) is 21.1. The van der Waals surface area contributed by atoms with Crippen molar-refractivity contribution < 1.29 is 10.2 Å². The molecule has 0 aromatic rings. The first-order valence-electron chi connectivity index (χ1n) is 11.7. The number of allylic oxidation sites excluding steroid dienone is 3. The summed E-state index contributed by atoms with van der Waals surface area (Å²) >= 11 is 0. The topological polar surface area (TPSA) is 40.5 Å². The molecule has 3 fully saturated rings. The van der Waals surface area contributed by atoms with Crippen LogP contribution in [-0.4, -0.2) is 22.4 Å². The van der Waals surface area contributed by atoms with Gasteiger partial charge in [0.15, 0.2) is 0 Å². The molecule has 0 aromatic carbocycles. The van der Waals surface area contributed by atoms with E-state index in [-0.39, 0.29) is 12.2 Å². The summed E-state index contributed by atoms with van der Waals surface area (Å²) in [4.78, 5) is 0. The van der Waals surface area contributed by atoms with E-state index < -0.39 is 0 Å². The standard InChI is InChI=1S/C25H42O2/c1-19(2)6-3-4-7-21-11-13-25(18-21)12-5-8-20(17-25)9-10-22-14-23(26)16-24(27)15-22/h9-10,19,21,23-24,26-27H,3-8,11-18H2,1-2H3/t21-,23+,24+,25+/m0/s1. The average Bonchev–Trinajstić information content (AvgIpc) is 2.98. The molecule has 27 heavy (non-hydrogen) atoms. The number of rotatable bonds is 6. The SMILES string of the molecule is CC(C)CCCC[C@H]1CC[C@@]2(CCCC(=CC=C3C[C@@H](O)C[C@H](O)C3)C2)C1. The molecular weight excluding hydrogens is 332 g/mol. The van der Waals surface area contributed by atoms with Gasteiger partial charge in [0.1, 0.15) is 0 Å². The lowest BCUT2D eigenvalue weighted by Crippen LogP contribution is -2.24. The molecule has 1 spiro atoms. The lowest BCUT2D eigenvalue weighted by atomic mass is 9.70. The van der Waals surface area contributed by atoms with Crippen LogP contribution in [0.5, 0.6) is 0 Å². The summed E-state index contributed by atoms with van der Waals surface area (Å²) in [7, 11) is 0. The normalized spacial score (nSPS) is 36.1. The van der Waals surface area contributed by atoms with Crippen molar-refractivity contribution >= 4 is 0 Å². The first-order valence-corrected chi connectivity index (χ1v) is 11.7. The fraction of sp³-hybridized carbons (Fsp3) is 0.840. The van der Waals surface area contributed by atoms with Crippen LogP contribution in [0.2, 0.25) is 0 Å². The van der Waals surface area contributed by atoms with E-state index in [0.717, 1.165) is 24.7 Å². The molecule has 0 saturated heterocycles. The fourth-order valence-electron chi connectivity index (χ4n) is 5.98. The first-order chi connectivity index (χ1) is 12.9. The predicted octanol–water partition coefficient (Wildman–Crippen LogP) is 6.32. The molecule has 0 aromatic heterocycles. The Balaban J connectivity index is 1.50. The van der Waals surface area contributed by atoms with E-state index in [4.69, 9.17) is 0 Å². The fourth-order valence-corrected chi connectivity index (χ4v) is 5.98. The molecular formula is C25H42O2.